The summed E-state index contributed by atoms with van der Waals surface area (Å²) < 4.78 is 22.9. The predicted molar refractivity (Wildman–Crippen MR) is 119 cm³/mol. The van der Waals surface area contributed by atoms with Crippen molar-refractivity contribution in [2.24, 2.45) is 5.10 Å². The second-order valence-electron chi connectivity index (χ2n) is 6.64. The summed E-state index contributed by atoms with van der Waals surface area (Å²) in [6.07, 6.45) is 1.52. The van der Waals surface area contributed by atoms with Crippen molar-refractivity contribution in [2.75, 3.05) is 13.7 Å². The lowest BCUT2D eigenvalue weighted by Crippen LogP contribution is -2.16. The smallest absolute Gasteiger partial charge is 0.307 e. The van der Waals surface area contributed by atoms with Crippen molar-refractivity contribution >= 4 is 39.0 Å². The molecule has 0 saturated heterocycles. The van der Waals surface area contributed by atoms with E-state index < -0.39 is 5.91 Å². The maximum atomic E-state index is 12.4. The summed E-state index contributed by atoms with van der Waals surface area (Å²) >= 11 is 3.48. The molecule has 3 rings (SSSR count). The van der Waals surface area contributed by atoms with Crippen LogP contribution in [0.15, 0.2) is 50.4 Å². The number of nitrogens with one attached hydrogen (secondary N) is 1. The van der Waals surface area contributed by atoms with Crippen LogP contribution in [0.4, 0.5) is 0 Å². The summed E-state index contributed by atoms with van der Waals surface area (Å²) in [6.45, 7) is 6.35. The molecule has 1 amide bonds. The number of ether oxygens (including phenoxy) is 3. The van der Waals surface area contributed by atoms with Crippen LogP contribution in [0.25, 0.3) is 11.0 Å². The van der Waals surface area contributed by atoms with Crippen LogP contribution in [0.3, 0.4) is 0 Å². The number of furan rings is 1. The molecule has 1 N–H and O–H groups in total. The lowest BCUT2D eigenvalue weighted by Gasteiger charge is -2.15. The molecule has 8 heteroatoms. The molecule has 0 aliphatic heterocycles. The van der Waals surface area contributed by atoms with E-state index in [1.54, 1.807) is 31.4 Å². The van der Waals surface area contributed by atoms with Crippen molar-refractivity contribution in [3.8, 4) is 17.2 Å². The fourth-order valence-electron chi connectivity index (χ4n) is 2.77. The second kappa shape index (κ2) is 9.67. The zero-order valence-electron chi connectivity index (χ0n) is 17.2. The van der Waals surface area contributed by atoms with Gasteiger partial charge in [-0.25, -0.2) is 5.43 Å². The Bertz CT molecular complexity index is 1070. The number of nitrogens with zero attached hydrogens (tertiary/aromatic N) is 1. The monoisotopic (exact) mass is 474 g/mol. The third kappa shape index (κ3) is 5.13. The first-order chi connectivity index (χ1) is 14.4. The van der Waals surface area contributed by atoms with Crippen LogP contribution in [0.2, 0.25) is 0 Å². The molecule has 0 unspecified atom stereocenters. The lowest BCUT2D eigenvalue weighted by molar-refractivity contribution is 0.0929. The molecule has 0 radical (unpaired) electrons. The number of fused-ring (bicyclic) bond motifs is 1. The van der Waals surface area contributed by atoms with Crippen LogP contribution in [0, 0.1) is 0 Å². The third-order valence-electron chi connectivity index (χ3n) is 4.01. The number of amides is 1. The van der Waals surface area contributed by atoms with Crippen LogP contribution in [0.1, 0.15) is 36.9 Å². The van der Waals surface area contributed by atoms with Crippen molar-refractivity contribution in [1.29, 1.82) is 0 Å². The summed E-state index contributed by atoms with van der Waals surface area (Å²) in [5, 5.41) is 4.80. The van der Waals surface area contributed by atoms with Crippen LogP contribution in [0.5, 0.6) is 17.2 Å². The average molecular weight is 475 g/mol. The zero-order chi connectivity index (χ0) is 21.7. The van der Waals surface area contributed by atoms with Crippen molar-refractivity contribution < 1.29 is 23.4 Å². The van der Waals surface area contributed by atoms with Gasteiger partial charge in [-0.15, -0.1) is 0 Å². The number of halogens is 1. The minimum Gasteiger partial charge on any atom is -0.494 e. The number of hydrogen-bond donors (Lipinski definition) is 1. The molecule has 0 atom stereocenters. The molecular formula is C22H23BrN2O5. The van der Waals surface area contributed by atoms with E-state index in [0.717, 1.165) is 21.2 Å². The minimum atomic E-state index is -0.453. The number of hydrazone groups is 1. The lowest BCUT2D eigenvalue weighted by atomic mass is 10.2. The van der Waals surface area contributed by atoms with Crippen LogP contribution < -0.4 is 19.6 Å². The molecule has 0 aliphatic rings. The topological polar surface area (TPSA) is 82.3 Å². The maximum absolute atomic E-state index is 12.4. The average Bonchev–Trinajstić information content (AvgIpc) is 3.13. The molecular weight excluding hydrogens is 452 g/mol. The van der Waals surface area contributed by atoms with Gasteiger partial charge in [0, 0.05) is 5.39 Å². The maximum Gasteiger partial charge on any atom is 0.307 e. The highest BCUT2D eigenvalue weighted by atomic mass is 79.9. The van der Waals surface area contributed by atoms with Crippen molar-refractivity contribution in [2.45, 2.75) is 26.9 Å². The number of carbonyl (C=O) groups is 1. The van der Waals surface area contributed by atoms with Gasteiger partial charge in [0.1, 0.15) is 11.3 Å². The van der Waals surface area contributed by atoms with E-state index in [-0.39, 0.29) is 11.9 Å². The Hall–Kier alpha value is -3.00. The van der Waals surface area contributed by atoms with Crippen LogP contribution in [-0.4, -0.2) is 31.9 Å². The van der Waals surface area contributed by atoms with Crippen LogP contribution >= 0.6 is 15.9 Å². The highest BCUT2D eigenvalue weighted by molar-refractivity contribution is 9.10. The molecule has 0 aliphatic carbocycles. The van der Waals surface area contributed by atoms with Gasteiger partial charge in [0.05, 0.1) is 30.5 Å². The zero-order valence-corrected chi connectivity index (χ0v) is 18.8. The molecule has 1 aromatic heterocycles. The van der Waals surface area contributed by atoms with E-state index in [1.165, 1.54) is 6.21 Å². The number of methoxy groups -OCH3 is 1. The molecule has 7 nitrogen and oxygen atoms in total. The Morgan fingerprint density at radius 2 is 2.07 bits per heavy atom. The predicted octanol–water partition coefficient (Wildman–Crippen LogP) is 5.15. The Labute approximate surface area is 183 Å². The van der Waals surface area contributed by atoms with Gasteiger partial charge in [0.15, 0.2) is 17.3 Å². The highest BCUT2D eigenvalue weighted by Crippen LogP contribution is 2.37. The number of benzene rings is 2. The number of rotatable bonds is 8. The summed E-state index contributed by atoms with van der Waals surface area (Å²) in [6, 6.07) is 10.6. The standard InChI is InChI=1S/C22H23BrN2O5/c1-5-28-16-6-7-18-15(10-16)11-20(30-18)22(26)25-24-12-14-8-17(23)21(29-13(2)3)19(9-14)27-4/h6-13H,5H2,1-4H3,(H,25,26)/b24-12+. The van der Waals surface area contributed by atoms with E-state index >= 15 is 0 Å². The molecule has 30 heavy (non-hydrogen) atoms. The first kappa shape index (κ1) is 21.7. The van der Waals surface area contributed by atoms with Crippen LogP contribution in [-0.2, 0) is 0 Å². The van der Waals surface area contributed by atoms with E-state index in [4.69, 9.17) is 18.6 Å². The highest BCUT2D eigenvalue weighted by Gasteiger charge is 2.14. The molecule has 0 fully saturated rings. The summed E-state index contributed by atoms with van der Waals surface area (Å²) in [7, 11) is 1.57. The number of hydrogen-bond acceptors (Lipinski definition) is 6. The molecule has 2 aromatic carbocycles. The van der Waals surface area contributed by atoms with Gasteiger partial charge < -0.3 is 18.6 Å². The van der Waals surface area contributed by atoms with Crippen molar-refractivity contribution in [1.82, 2.24) is 5.43 Å². The van der Waals surface area contributed by atoms with E-state index in [2.05, 4.69) is 26.5 Å². The Kier molecular flexibility index (Phi) is 6.99. The molecule has 0 saturated carbocycles. The number of carbonyl (C=O) groups excluding carboxylic acids is 1. The van der Waals surface area contributed by atoms with Gasteiger partial charge in [-0.05, 0) is 78.7 Å². The van der Waals surface area contributed by atoms with Gasteiger partial charge in [-0.3, -0.25) is 4.79 Å². The summed E-state index contributed by atoms with van der Waals surface area (Å²) in [5.41, 5.74) is 3.79. The van der Waals surface area contributed by atoms with Gasteiger partial charge in [-0.2, -0.15) is 5.10 Å². The SMILES string of the molecule is CCOc1ccc2oc(C(=O)N/N=C/c3cc(Br)c(OC(C)C)c(OC)c3)cc2c1. The summed E-state index contributed by atoms with van der Waals surface area (Å²) in [4.78, 5) is 12.4. The molecule has 0 bridgehead atoms. The quantitative estimate of drug-likeness (QED) is 0.360. The third-order valence-corrected chi connectivity index (χ3v) is 4.60. The van der Waals surface area contributed by atoms with E-state index in [9.17, 15) is 4.79 Å². The van der Waals surface area contributed by atoms with Gasteiger partial charge >= 0.3 is 5.91 Å². The van der Waals surface area contributed by atoms with Crippen molar-refractivity contribution in [3.05, 3.63) is 52.2 Å². The Balaban J connectivity index is 1.72. The molecule has 0 spiro atoms. The first-order valence-electron chi connectivity index (χ1n) is 9.45. The van der Waals surface area contributed by atoms with E-state index in [0.29, 0.717) is 23.7 Å². The molecule has 1 heterocycles. The Morgan fingerprint density at radius 1 is 1.27 bits per heavy atom. The van der Waals surface area contributed by atoms with Gasteiger partial charge in [0.25, 0.3) is 0 Å². The van der Waals surface area contributed by atoms with Crippen molar-refractivity contribution in [3.63, 3.8) is 0 Å². The summed E-state index contributed by atoms with van der Waals surface area (Å²) in [5.74, 6) is 1.61. The fourth-order valence-corrected chi connectivity index (χ4v) is 3.33. The normalized spacial score (nSPS) is 11.3. The van der Waals surface area contributed by atoms with Gasteiger partial charge in [0.2, 0.25) is 0 Å². The van der Waals surface area contributed by atoms with Gasteiger partial charge in [-0.1, -0.05) is 0 Å². The minimum absolute atomic E-state index is 0.00225. The molecule has 3 aromatic rings. The molecule has 158 valence electrons. The van der Waals surface area contributed by atoms with E-state index in [1.807, 2.05) is 32.9 Å². The fraction of sp³-hybridized carbons (Fsp3) is 0.273. The second-order valence-corrected chi connectivity index (χ2v) is 7.50. The first-order valence-corrected chi connectivity index (χ1v) is 10.2. The largest absolute Gasteiger partial charge is 0.494 e. The Morgan fingerprint density at radius 3 is 2.77 bits per heavy atom.